The number of benzene rings is 1. The third kappa shape index (κ3) is 2.42. The van der Waals surface area contributed by atoms with Crippen LogP contribution in [0.4, 0.5) is 5.82 Å². The second-order valence-corrected chi connectivity index (χ2v) is 5.50. The Morgan fingerprint density at radius 3 is 2.95 bits per heavy atom. The van der Waals surface area contributed by atoms with Gasteiger partial charge in [-0.05, 0) is 25.5 Å². The van der Waals surface area contributed by atoms with E-state index in [2.05, 4.69) is 11.9 Å². The van der Waals surface area contributed by atoms with E-state index < -0.39 is 0 Å². The molecule has 1 aromatic heterocycles. The zero-order chi connectivity index (χ0) is 15.0. The highest BCUT2D eigenvalue weighted by atomic mass is 35.5. The second kappa shape index (κ2) is 5.48. The van der Waals surface area contributed by atoms with Gasteiger partial charge < -0.3 is 19.8 Å². The normalized spacial score (nSPS) is 12.9. The fourth-order valence-electron chi connectivity index (χ4n) is 2.50. The van der Waals surface area contributed by atoms with Crippen molar-refractivity contribution in [2.24, 2.45) is 0 Å². The summed E-state index contributed by atoms with van der Waals surface area (Å²) in [6, 6.07) is 3.69. The van der Waals surface area contributed by atoms with E-state index in [1.165, 1.54) is 0 Å². The number of aromatic nitrogens is 2. The smallest absolute Gasteiger partial charge is 0.231 e. The topological polar surface area (TPSA) is 62.3 Å². The lowest BCUT2D eigenvalue weighted by Gasteiger charge is -2.07. The maximum Gasteiger partial charge on any atom is 0.231 e. The van der Waals surface area contributed by atoms with E-state index in [1.54, 1.807) is 0 Å². The average molecular weight is 308 g/mol. The summed E-state index contributed by atoms with van der Waals surface area (Å²) in [6.45, 7) is 5.18. The Bertz CT molecular complexity index is 682. The van der Waals surface area contributed by atoms with Crippen molar-refractivity contribution in [3.05, 3.63) is 23.0 Å². The number of nitrogens with zero attached hydrogens (tertiary/aromatic N) is 2. The monoisotopic (exact) mass is 307 g/mol. The van der Waals surface area contributed by atoms with E-state index in [1.807, 2.05) is 23.6 Å². The number of rotatable bonds is 4. The molecule has 21 heavy (non-hydrogen) atoms. The van der Waals surface area contributed by atoms with Gasteiger partial charge in [0, 0.05) is 12.1 Å². The summed E-state index contributed by atoms with van der Waals surface area (Å²) in [5.74, 6) is 2.79. The summed E-state index contributed by atoms with van der Waals surface area (Å²) in [7, 11) is 0. The third-order valence-corrected chi connectivity index (χ3v) is 3.91. The lowest BCUT2D eigenvalue weighted by Crippen LogP contribution is -2.04. The minimum atomic E-state index is 0.192. The summed E-state index contributed by atoms with van der Waals surface area (Å²) in [5.41, 5.74) is 7.84. The number of aryl methyl sites for hydroxylation is 1. The van der Waals surface area contributed by atoms with Crippen LogP contribution in [0, 0.1) is 6.92 Å². The van der Waals surface area contributed by atoms with Crippen molar-refractivity contribution >= 4 is 17.4 Å². The van der Waals surface area contributed by atoms with Crippen molar-refractivity contribution in [2.75, 3.05) is 12.5 Å². The molecule has 2 N–H and O–H groups in total. The van der Waals surface area contributed by atoms with Crippen LogP contribution >= 0.6 is 11.6 Å². The first-order valence-electron chi connectivity index (χ1n) is 7.04. The molecule has 0 fully saturated rings. The number of halogens is 1. The third-order valence-electron chi connectivity index (χ3n) is 3.63. The highest BCUT2D eigenvalue weighted by Gasteiger charge is 2.21. The highest BCUT2D eigenvalue weighted by Crippen LogP contribution is 2.43. The van der Waals surface area contributed by atoms with Crippen molar-refractivity contribution in [2.45, 2.75) is 33.2 Å². The van der Waals surface area contributed by atoms with Gasteiger partial charge in [-0.3, -0.25) is 0 Å². The van der Waals surface area contributed by atoms with Gasteiger partial charge in [0.1, 0.15) is 17.3 Å². The van der Waals surface area contributed by atoms with E-state index in [-0.39, 0.29) is 6.79 Å². The number of hydrogen-bond acceptors (Lipinski definition) is 4. The molecule has 0 atom stereocenters. The van der Waals surface area contributed by atoms with E-state index in [0.29, 0.717) is 22.3 Å². The molecule has 0 amide bonds. The Morgan fingerprint density at radius 1 is 1.38 bits per heavy atom. The quantitative estimate of drug-likeness (QED) is 0.937. The first-order chi connectivity index (χ1) is 10.1. The number of fused-ring (bicyclic) bond motifs is 1. The molecular weight excluding hydrogens is 290 g/mol. The van der Waals surface area contributed by atoms with Gasteiger partial charge in [-0.15, -0.1) is 0 Å². The SMILES string of the molecule is CCCCn1c(C)nc(-c2cc(Cl)c3c(c2)OCO3)c1N. The van der Waals surface area contributed by atoms with Crippen molar-refractivity contribution in [1.29, 1.82) is 0 Å². The van der Waals surface area contributed by atoms with Crippen LogP contribution in [-0.4, -0.2) is 16.3 Å². The number of anilines is 1. The molecule has 0 unspecified atom stereocenters. The van der Waals surface area contributed by atoms with Crippen LogP contribution in [-0.2, 0) is 6.54 Å². The molecule has 0 bridgehead atoms. The van der Waals surface area contributed by atoms with Crippen LogP contribution in [0.2, 0.25) is 5.02 Å². The van der Waals surface area contributed by atoms with Crippen LogP contribution in [0.5, 0.6) is 11.5 Å². The van der Waals surface area contributed by atoms with Gasteiger partial charge in [0.25, 0.3) is 0 Å². The molecule has 0 saturated heterocycles. The summed E-state index contributed by atoms with van der Waals surface area (Å²) in [5, 5.41) is 0.514. The van der Waals surface area contributed by atoms with E-state index in [0.717, 1.165) is 36.5 Å². The Hall–Kier alpha value is -1.88. The zero-order valence-corrected chi connectivity index (χ0v) is 12.9. The molecule has 3 rings (SSSR count). The summed E-state index contributed by atoms with van der Waals surface area (Å²) >= 11 is 6.23. The highest BCUT2D eigenvalue weighted by molar-refractivity contribution is 6.32. The van der Waals surface area contributed by atoms with Gasteiger partial charge in [0.2, 0.25) is 6.79 Å². The molecule has 6 heteroatoms. The minimum absolute atomic E-state index is 0.192. The molecule has 0 spiro atoms. The molecule has 0 aliphatic carbocycles. The fraction of sp³-hybridized carbons (Fsp3) is 0.400. The van der Waals surface area contributed by atoms with Crippen LogP contribution in [0.15, 0.2) is 12.1 Å². The summed E-state index contributed by atoms with van der Waals surface area (Å²) in [4.78, 5) is 4.58. The zero-order valence-electron chi connectivity index (χ0n) is 12.1. The number of ether oxygens (including phenoxy) is 2. The first-order valence-corrected chi connectivity index (χ1v) is 7.41. The van der Waals surface area contributed by atoms with E-state index >= 15 is 0 Å². The van der Waals surface area contributed by atoms with E-state index in [4.69, 9.17) is 26.8 Å². The first kappa shape index (κ1) is 14.1. The van der Waals surface area contributed by atoms with Crippen molar-refractivity contribution < 1.29 is 9.47 Å². The van der Waals surface area contributed by atoms with Crippen LogP contribution in [0.1, 0.15) is 25.6 Å². The Labute approximate surface area is 128 Å². The number of nitrogens with two attached hydrogens (primary N) is 1. The van der Waals surface area contributed by atoms with Crippen LogP contribution in [0.25, 0.3) is 11.3 Å². The van der Waals surface area contributed by atoms with Gasteiger partial charge in [-0.25, -0.2) is 4.98 Å². The van der Waals surface area contributed by atoms with Crippen molar-refractivity contribution in [3.63, 3.8) is 0 Å². The molecule has 2 heterocycles. The molecule has 0 radical (unpaired) electrons. The largest absolute Gasteiger partial charge is 0.454 e. The van der Waals surface area contributed by atoms with Crippen LogP contribution in [0.3, 0.4) is 0 Å². The number of nitrogen functional groups attached to an aromatic ring is 1. The Balaban J connectivity index is 2.03. The fourth-order valence-corrected chi connectivity index (χ4v) is 2.76. The molecule has 5 nitrogen and oxygen atoms in total. The Morgan fingerprint density at radius 2 is 2.19 bits per heavy atom. The van der Waals surface area contributed by atoms with Gasteiger partial charge in [0.05, 0.1) is 5.02 Å². The number of imidazole rings is 1. The predicted octanol–water partition coefficient (Wildman–Crippen LogP) is 3.62. The average Bonchev–Trinajstić information content (AvgIpc) is 3.03. The summed E-state index contributed by atoms with van der Waals surface area (Å²) in [6.07, 6.45) is 2.19. The predicted molar refractivity (Wildman–Crippen MR) is 82.9 cm³/mol. The lowest BCUT2D eigenvalue weighted by molar-refractivity contribution is 0.174. The minimum Gasteiger partial charge on any atom is -0.454 e. The van der Waals surface area contributed by atoms with Gasteiger partial charge in [0.15, 0.2) is 11.5 Å². The molecule has 0 saturated carbocycles. The van der Waals surface area contributed by atoms with Crippen molar-refractivity contribution in [3.8, 4) is 22.8 Å². The van der Waals surface area contributed by atoms with Gasteiger partial charge in [-0.1, -0.05) is 24.9 Å². The molecule has 1 aromatic carbocycles. The molecule has 2 aromatic rings. The number of hydrogen-bond donors (Lipinski definition) is 1. The maximum absolute atomic E-state index is 6.26. The lowest BCUT2D eigenvalue weighted by atomic mass is 10.1. The maximum atomic E-state index is 6.26. The van der Waals surface area contributed by atoms with Crippen molar-refractivity contribution in [1.82, 2.24) is 9.55 Å². The number of unbranched alkanes of at least 4 members (excludes halogenated alkanes) is 1. The Kier molecular flexibility index (Phi) is 3.68. The second-order valence-electron chi connectivity index (χ2n) is 5.09. The molecule has 1 aliphatic rings. The summed E-state index contributed by atoms with van der Waals surface area (Å²) < 4.78 is 12.8. The molecule has 1 aliphatic heterocycles. The molecular formula is C15H18ClN3O2. The van der Waals surface area contributed by atoms with Gasteiger partial charge in [-0.2, -0.15) is 0 Å². The van der Waals surface area contributed by atoms with E-state index in [9.17, 15) is 0 Å². The van der Waals surface area contributed by atoms with Crippen LogP contribution < -0.4 is 15.2 Å². The molecule has 112 valence electrons. The standard InChI is InChI=1S/C15H18ClN3O2/c1-3-4-5-19-9(2)18-13(15(19)17)10-6-11(16)14-12(7-10)20-8-21-14/h6-7H,3-5,8,17H2,1-2H3. The van der Waals surface area contributed by atoms with Gasteiger partial charge >= 0.3 is 0 Å².